The fourth-order valence-corrected chi connectivity index (χ4v) is 2.34. The first-order valence-corrected chi connectivity index (χ1v) is 7.40. The molecule has 0 spiro atoms. The van der Waals surface area contributed by atoms with E-state index in [-0.39, 0.29) is 6.10 Å². The lowest BCUT2D eigenvalue weighted by atomic mass is 10.1. The van der Waals surface area contributed by atoms with Gasteiger partial charge in [-0.05, 0) is 50.7 Å². The van der Waals surface area contributed by atoms with E-state index in [9.17, 15) is 0 Å². The van der Waals surface area contributed by atoms with Crippen molar-refractivity contribution in [3.8, 4) is 5.88 Å². The summed E-state index contributed by atoms with van der Waals surface area (Å²) in [7, 11) is 0. The van der Waals surface area contributed by atoms with Crippen LogP contribution in [0.1, 0.15) is 51.3 Å². The first-order chi connectivity index (χ1) is 9.02. The van der Waals surface area contributed by atoms with Gasteiger partial charge in [-0.3, -0.25) is 0 Å². The molecule has 0 aliphatic heterocycles. The van der Waals surface area contributed by atoms with Crippen LogP contribution in [0.2, 0.25) is 0 Å². The molecule has 2 rings (SSSR count). The normalized spacial score (nSPS) is 16.7. The fourth-order valence-electron chi connectivity index (χ4n) is 2.34. The summed E-state index contributed by atoms with van der Waals surface area (Å²) >= 11 is 0. The number of nitrogens with one attached hydrogen (secondary N) is 1. The number of nitrogens with zero attached hydrogens (tertiary/aromatic N) is 1. The molecule has 1 aliphatic rings. The number of pyridine rings is 1. The van der Waals surface area contributed by atoms with E-state index >= 15 is 0 Å². The Kier molecular flexibility index (Phi) is 4.81. The lowest BCUT2D eigenvalue weighted by Crippen LogP contribution is -2.17. The lowest BCUT2D eigenvalue weighted by molar-refractivity contribution is 0.185. The molecule has 3 nitrogen and oxygen atoms in total. The Hall–Kier alpha value is -1.09. The van der Waals surface area contributed by atoms with E-state index in [4.69, 9.17) is 4.74 Å². The first-order valence-electron chi connectivity index (χ1n) is 7.40. The molecule has 1 N–H and O–H groups in total. The number of hydrogen-bond donors (Lipinski definition) is 1. The molecule has 19 heavy (non-hydrogen) atoms. The maximum Gasteiger partial charge on any atom is 0.214 e. The topological polar surface area (TPSA) is 34.1 Å². The minimum Gasteiger partial charge on any atom is -0.475 e. The number of aromatic nitrogens is 1. The van der Waals surface area contributed by atoms with Gasteiger partial charge >= 0.3 is 0 Å². The number of aryl methyl sites for hydroxylation is 1. The van der Waals surface area contributed by atoms with Crippen molar-refractivity contribution >= 4 is 0 Å². The number of hydrogen-bond acceptors (Lipinski definition) is 3. The summed E-state index contributed by atoms with van der Waals surface area (Å²) in [6, 6.07) is 4.94. The summed E-state index contributed by atoms with van der Waals surface area (Å²) in [6.07, 6.45) is 3.92. The quantitative estimate of drug-likeness (QED) is 0.817. The Bertz CT molecular complexity index is 413. The zero-order valence-electron chi connectivity index (χ0n) is 12.6. The van der Waals surface area contributed by atoms with Crippen molar-refractivity contribution in [2.45, 2.75) is 65.6 Å². The van der Waals surface area contributed by atoms with Crippen LogP contribution in [0.4, 0.5) is 0 Å². The lowest BCUT2D eigenvalue weighted by Gasteiger charge is -2.17. The third kappa shape index (κ3) is 5.19. The van der Waals surface area contributed by atoms with Gasteiger partial charge in [-0.25, -0.2) is 4.98 Å². The zero-order chi connectivity index (χ0) is 13.8. The van der Waals surface area contributed by atoms with Crippen molar-refractivity contribution < 1.29 is 4.74 Å². The molecule has 0 aromatic carbocycles. The van der Waals surface area contributed by atoms with Crippen molar-refractivity contribution in [2.75, 3.05) is 0 Å². The van der Waals surface area contributed by atoms with Crippen LogP contribution in [-0.4, -0.2) is 17.1 Å². The molecule has 3 heteroatoms. The molecule has 106 valence electrons. The average molecular weight is 262 g/mol. The molecule has 0 amide bonds. The van der Waals surface area contributed by atoms with Crippen molar-refractivity contribution in [3.05, 3.63) is 23.4 Å². The molecule has 1 fully saturated rings. The number of ether oxygens (including phenoxy) is 1. The van der Waals surface area contributed by atoms with Crippen LogP contribution in [0.5, 0.6) is 5.88 Å². The second-order valence-electron chi connectivity index (χ2n) is 6.17. The Morgan fingerprint density at radius 2 is 2.05 bits per heavy atom. The predicted octanol–water partition coefficient (Wildman–Crippen LogP) is 3.46. The van der Waals surface area contributed by atoms with E-state index in [0.29, 0.717) is 5.92 Å². The van der Waals surface area contributed by atoms with Crippen LogP contribution in [0.25, 0.3) is 0 Å². The third-order valence-corrected chi connectivity index (χ3v) is 3.29. The van der Waals surface area contributed by atoms with Gasteiger partial charge in [0.1, 0.15) is 0 Å². The van der Waals surface area contributed by atoms with Gasteiger partial charge in [0.15, 0.2) is 0 Å². The molecule has 1 aromatic rings. The van der Waals surface area contributed by atoms with E-state index < -0.39 is 0 Å². The Balaban J connectivity index is 1.94. The smallest absolute Gasteiger partial charge is 0.214 e. The standard InChI is InChI=1S/C16H26N2O/c1-11(2)7-13(4)19-16-9-14(8-12(3)18-16)10-17-15-5-6-15/h8-9,11,13,15,17H,5-7,10H2,1-4H3. The van der Waals surface area contributed by atoms with E-state index in [2.05, 4.69) is 43.2 Å². The molecular weight excluding hydrogens is 236 g/mol. The summed E-state index contributed by atoms with van der Waals surface area (Å²) in [5.74, 6) is 1.41. The third-order valence-electron chi connectivity index (χ3n) is 3.29. The molecule has 1 atom stereocenters. The van der Waals surface area contributed by atoms with Gasteiger partial charge in [-0.15, -0.1) is 0 Å². The Morgan fingerprint density at radius 3 is 2.68 bits per heavy atom. The second-order valence-corrected chi connectivity index (χ2v) is 6.17. The SMILES string of the molecule is Cc1cc(CNC2CC2)cc(OC(C)CC(C)C)n1. The van der Waals surface area contributed by atoms with Crippen LogP contribution in [0.15, 0.2) is 12.1 Å². The highest BCUT2D eigenvalue weighted by atomic mass is 16.5. The summed E-state index contributed by atoms with van der Waals surface area (Å²) in [5.41, 5.74) is 2.30. The maximum absolute atomic E-state index is 5.93. The predicted molar refractivity (Wildman–Crippen MR) is 78.4 cm³/mol. The summed E-state index contributed by atoms with van der Waals surface area (Å²) in [5, 5.41) is 3.53. The Morgan fingerprint density at radius 1 is 1.32 bits per heavy atom. The molecule has 0 radical (unpaired) electrons. The van der Waals surface area contributed by atoms with Gasteiger partial charge in [-0.1, -0.05) is 13.8 Å². The van der Waals surface area contributed by atoms with Gasteiger partial charge in [-0.2, -0.15) is 0 Å². The van der Waals surface area contributed by atoms with E-state index in [1.807, 2.05) is 6.92 Å². The highest BCUT2D eigenvalue weighted by molar-refractivity contribution is 5.25. The van der Waals surface area contributed by atoms with Crippen molar-refractivity contribution in [2.24, 2.45) is 5.92 Å². The van der Waals surface area contributed by atoms with E-state index in [1.165, 1.54) is 18.4 Å². The fraction of sp³-hybridized carbons (Fsp3) is 0.688. The summed E-state index contributed by atoms with van der Waals surface area (Å²) in [6.45, 7) is 9.50. The van der Waals surface area contributed by atoms with Crippen LogP contribution < -0.4 is 10.1 Å². The average Bonchev–Trinajstić information content (AvgIpc) is 3.07. The summed E-state index contributed by atoms with van der Waals surface area (Å²) < 4.78 is 5.93. The highest BCUT2D eigenvalue weighted by Gasteiger charge is 2.20. The van der Waals surface area contributed by atoms with Crippen molar-refractivity contribution in [1.82, 2.24) is 10.3 Å². The van der Waals surface area contributed by atoms with Gasteiger partial charge in [0.2, 0.25) is 5.88 Å². The van der Waals surface area contributed by atoms with Crippen LogP contribution in [-0.2, 0) is 6.54 Å². The molecular formula is C16H26N2O. The molecule has 1 aliphatic carbocycles. The highest BCUT2D eigenvalue weighted by Crippen LogP contribution is 2.21. The number of rotatable bonds is 7. The van der Waals surface area contributed by atoms with Crippen molar-refractivity contribution in [1.29, 1.82) is 0 Å². The molecule has 1 unspecified atom stereocenters. The Labute approximate surface area is 116 Å². The van der Waals surface area contributed by atoms with Gasteiger partial charge in [0.25, 0.3) is 0 Å². The first kappa shape index (κ1) is 14.3. The summed E-state index contributed by atoms with van der Waals surface area (Å²) in [4.78, 5) is 4.47. The monoisotopic (exact) mass is 262 g/mol. The molecule has 0 bridgehead atoms. The van der Waals surface area contributed by atoms with Crippen LogP contribution in [0.3, 0.4) is 0 Å². The molecule has 1 heterocycles. The minimum atomic E-state index is 0.221. The maximum atomic E-state index is 5.93. The van der Waals surface area contributed by atoms with Crippen LogP contribution >= 0.6 is 0 Å². The van der Waals surface area contributed by atoms with E-state index in [0.717, 1.165) is 30.6 Å². The van der Waals surface area contributed by atoms with Crippen molar-refractivity contribution in [3.63, 3.8) is 0 Å². The van der Waals surface area contributed by atoms with Gasteiger partial charge < -0.3 is 10.1 Å². The minimum absolute atomic E-state index is 0.221. The second kappa shape index (κ2) is 6.38. The van der Waals surface area contributed by atoms with E-state index in [1.54, 1.807) is 0 Å². The largest absolute Gasteiger partial charge is 0.475 e. The molecule has 0 saturated heterocycles. The zero-order valence-corrected chi connectivity index (χ0v) is 12.6. The molecule has 1 aromatic heterocycles. The van der Waals surface area contributed by atoms with Gasteiger partial charge in [0, 0.05) is 24.3 Å². The van der Waals surface area contributed by atoms with Crippen LogP contribution in [0, 0.1) is 12.8 Å². The van der Waals surface area contributed by atoms with Gasteiger partial charge in [0.05, 0.1) is 6.10 Å². The molecule has 1 saturated carbocycles.